The molecule has 2 aromatic rings. The van der Waals surface area contributed by atoms with Crippen LogP contribution in [0.1, 0.15) is 16.7 Å². The Bertz CT molecular complexity index is 679. The normalized spacial score (nSPS) is 17.3. The van der Waals surface area contributed by atoms with Gasteiger partial charge in [-0.15, -0.1) is 0 Å². The first kappa shape index (κ1) is 13.0. The second-order valence-corrected chi connectivity index (χ2v) is 5.28. The third-order valence-electron chi connectivity index (χ3n) is 3.47. The Morgan fingerprint density at radius 1 is 1.00 bits per heavy atom. The minimum absolute atomic E-state index is 0.687. The van der Waals surface area contributed by atoms with Crippen LogP contribution in [0.5, 0.6) is 0 Å². The number of hydrazine groups is 1. The summed E-state index contributed by atoms with van der Waals surface area (Å²) in [7, 11) is 2.47. The molecule has 3 rings (SSSR count). The largest absolute Gasteiger partial charge is 0.396 e. The second kappa shape index (κ2) is 5.16. The first-order valence-corrected chi connectivity index (χ1v) is 6.91. The van der Waals surface area contributed by atoms with E-state index >= 15 is 0 Å². The first-order valence-electron chi connectivity index (χ1n) is 6.39. The molecule has 2 aromatic carbocycles. The van der Waals surface area contributed by atoms with E-state index in [1.165, 1.54) is 4.78 Å². The number of benzene rings is 2. The average molecular weight is 284 g/mol. The lowest BCUT2D eigenvalue weighted by molar-refractivity contribution is 0.700. The highest BCUT2D eigenvalue weighted by Crippen LogP contribution is 2.34. The van der Waals surface area contributed by atoms with Crippen molar-refractivity contribution in [2.75, 3.05) is 5.32 Å². The van der Waals surface area contributed by atoms with Crippen molar-refractivity contribution in [3.63, 3.8) is 0 Å². The number of fused-ring (bicyclic) bond motifs is 2. The molecule has 0 saturated heterocycles. The van der Waals surface area contributed by atoms with Gasteiger partial charge in [0, 0.05) is 23.4 Å². The number of para-hydroxylation sites is 1. The van der Waals surface area contributed by atoms with E-state index < -0.39 is 0 Å². The van der Waals surface area contributed by atoms with Gasteiger partial charge in [0.25, 0.3) is 0 Å². The first-order chi connectivity index (χ1) is 9.68. The van der Waals surface area contributed by atoms with Crippen molar-refractivity contribution in [1.29, 1.82) is 0 Å². The van der Waals surface area contributed by atoms with Crippen molar-refractivity contribution in [2.24, 2.45) is 11.6 Å². The van der Waals surface area contributed by atoms with E-state index in [9.17, 15) is 0 Å². The number of rotatable bonds is 1. The van der Waals surface area contributed by atoms with E-state index in [1.54, 1.807) is 0 Å². The van der Waals surface area contributed by atoms with Crippen molar-refractivity contribution in [2.45, 2.75) is 6.54 Å². The lowest BCUT2D eigenvalue weighted by Crippen LogP contribution is -2.23. The molecule has 1 atom stereocenters. The quantitative estimate of drug-likeness (QED) is 0.427. The Kier molecular flexibility index (Phi) is 3.35. The van der Waals surface area contributed by atoms with E-state index in [-0.39, 0.29) is 0 Å². The standard InChI is InChI=1S/C15H17N4P/c16-14-11-6-2-1-5-10(11)9-18-13-8-4-3-7-12(13)15(14)19(17)20/h1-8,18H,9,16-17,20H2/b15-14-. The Morgan fingerprint density at radius 3 is 2.40 bits per heavy atom. The fourth-order valence-corrected chi connectivity index (χ4v) is 2.80. The summed E-state index contributed by atoms with van der Waals surface area (Å²) < 4.78 is 1.50. The van der Waals surface area contributed by atoms with Gasteiger partial charge in [0.1, 0.15) is 0 Å². The Labute approximate surface area is 120 Å². The fraction of sp³-hybridized carbons (Fsp3) is 0.0667. The molecular formula is C15H17N4P. The van der Waals surface area contributed by atoms with Crippen LogP contribution in [-0.2, 0) is 6.54 Å². The molecule has 1 aliphatic rings. The highest BCUT2D eigenvalue weighted by Gasteiger charge is 2.19. The van der Waals surface area contributed by atoms with Gasteiger partial charge in [-0.2, -0.15) is 0 Å². The lowest BCUT2D eigenvalue weighted by atomic mass is 9.97. The zero-order chi connectivity index (χ0) is 14.1. The molecule has 0 aromatic heterocycles. The van der Waals surface area contributed by atoms with Crippen LogP contribution in [0.25, 0.3) is 11.4 Å². The Morgan fingerprint density at radius 2 is 1.65 bits per heavy atom. The summed E-state index contributed by atoms with van der Waals surface area (Å²) in [6.45, 7) is 0.739. The number of nitrogens with two attached hydrogens (primary N) is 2. The summed E-state index contributed by atoms with van der Waals surface area (Å²) >= 11 is 0. The molecule has 1 heterocycles. The van der Waals surface area contributed by atoms with Gasteiger partial charge in [-0.1, -0.05) is 42.5 Å². The average Bonchev–Trinajstić information content (AvgIpc) is 2.45. The lowest BCUT2D eigenvalue weighted by Gasteiger charge is -2.26. The Hall–Kier alpha value is -2.03. The third-order valence-corrected chi connectivity index (χ3v) is 3.73. The summed E-state index contributed by atoms with van der Waals surface area (Å²) in [6, 6.07) is 16.1. The highest BCUT2D eigenvalue weighted by atomic mass is 31.0. The van der Waals surface area contributed by atoms with Crippen molar-refractivity contribution >= 4 is 26.5 Å². The van der Waals surface area contributed by atoms with Crippen LogP contribution in [0.2, 0.25) is 0 Å². The molecule has 0 spiro atoms. The van der Waals surface area contributed by atoms with Crippen LogP contribution in [0.4, 0.5) is 5.69 Å². The molecule has 102 valence electrons. The van der Waals surface area contributed by atoms with Crippen molar-refractivity contribution in [3.05, 3.63) is 65.2 Å². The zero-order valence-corrected chi connectivity index (χ0v) is 12.2. The van der Waals surface area contributed by atoms with Gasteiger partial charge in [0.2, 0.25) is 0 Å². The summed E-state index contributed by atoms with van der Waals surface area (Å²) in [5, 5.41) is 3.45. The molecule has 1 aliphatic heterocycles. The van der Waals surface area contributed by atoms with Gasteiger partial charge < -0.3 is 11.1 Å². The molecule has 0 aliphatic carbocycles. The summed E-state index contributed by atoms with van der Waals surface area (Å²) in [4.78, 5) is 0. The molecule has 0 saturated carbocycles. The van der Waals surface area contributed by atoms with Crippen LogP contribution in [0.15, 0.2) is 48.5 Å². The van der Waals surface area contributed by atoms with Crippen molar-refractivity contribution in [3.8, 4) is 0 Å². The molecule has 5 heteroatoms. The molecule has 5 N–H and O–H groups in total. The van der Waals surface area contributed by atoms with E-state index in [4.69, 9.17) is 11.6 Å². The van der Waals surface area contributed by atoms with Crippen LogP contribution in [0, 0.1) is 0 Å². The van der Waals surface area contributed by atoms with Crippen LogP contribution < -0.4 is 16.9 Å². The Balaban J connectivity index is 2.31. The monoisotopic (exact) mass is 284 g/mol. The highest BCUT2D eigenvalue weighted by molar-refractivity contribution is 7.14. The molecule has 0 fully saturated rings. The van der Waals surface area contributed by atoms with Gasteiger partial charge in [-0.05, 0) is 21.0 Å². The van der Waals surface area contributed by atoms with E-state index in [0.717, 1.165) is 34.6 Å². The van der Waals surface area contributed by atoms with Crippen molar-refractivity contribution < 1.29 is 0 Å². The van der Waals surface area contributed by atoms with E-state index in [0.29, 0.717) is 5.70 Å². The molecule has 0 radical (unpaired) electrons. The maximum atomic E-state index is 6.39. The number of hydrogen-bond donors (Lipinski definition) is 3. The molecule has 20 heavy (non-hydrogen) atoms. The molecule has 4 nitrogen and oxygen atoms in total. The molecular weight excluding hydrogens is 267 g/mol. The minimum atomic E-state index is 0.687. The summed E-state index contributed by atoms with van der Waals surface area (Å²) in [5.74, 6) is 5.98. The van der Waals surface area contributed by atoms with Crippen LogP contribution in [0.3, 0.4) is 0 Å². The minimum Gasteiger partial charge on any atom is -0.396 e. The SMILES string of the molecule is N/C1=C(\N(N)P)c2ccccc2NCc2ccccc21. The van der Waals surface area contributed by atoms with Gasteiger partial charge in [-0.25, -0.2) is 5.84 Å². The van der Waals surface area contributed by atoms with Gasteiger partial charge in [-0.3, -0.25) is 4.78 Å². The van der Waals surface area contributed by atoms with Crippen molar-refractivity contribution in [1.82, 2.24) is 4.78 Å². The summed E-state index contributed by atoms with van der Waals surface area (Å²) in [5.41, 5.74) is 12.1. The van der Waals surface area contributed by atoms with Crippen LogP contribution in [-0.4, -0.2) is 4.78 Å². The number of nitrogens with zero attached hydrogens (tertiary/aromatic N) is 1. The molecule has 0 bridgehead atoms. The van der Waals surface area contributed by atoms with E-state index in [1.807, 2.05) is 42.5 Å². The number of nitrogens with one attached hydrogen (secondary N) is 1. The number of hydrogen-bond acceptors (Lipinski definition) is 4. The van der Waals surface area contributed by atoms with Crippen LogP contribution >= 0.6 is 9.39 Å². The smallest absolute Gasteiger partial charge is 0.0880 e. The molecule has 1 unspecified atom stereocenters. The maximum Gasteiger partial charge on any atom is 0.0880 e. The summed E-state index contributed by atoms with van der Waals surface area (Å²) in [6.07, 6.45) is 0. The van der Waals surface area contributed by atoms with Gasteiger partial charge >= 0.3 is 0 Å². The predicted molar refractivity (Wildman–Crippen MR) is 86.9 cm³/mol. The third kappa shape index (κ3) is 2.13. The molecule has 0 amide bonds. The maximum absolute atomic E-state index is 6.39. The van der Waals surface area contributed by atoms with Gasteiger partial charge in [0.05, 0.1) is 11.4 Å². The van der Waals surface area contributed by atoms with Gasteiger partial charge in [0.15, 0.2) is 0 Å². The van der Waals surface area contributed by atoms with E-state index in [2.05, 4.69) is 20.8 Å². The zero-order valence-electron chi connectivity index (χ0n) is 11.0. The predicted octanol–water partition coefficient (Wildman–Crippen LogP) is 2.36. The fourth-order valence-electron chi connectivity index (χ4n) is 2.52. The second-order valence-electron chi connectivity index (χ2n) is 4.73. The topological polar surface area (TPSA) is 67.3 Å². The number of anilines is 1.